The highest BCUT2D eigenvalue weighted by Crippen LogP contribution is 2.40. The molecule has 1 fully saturated rings. The highest BCUT2D eigenvalue weighted by Gasteiger charge is 2.33. The van der Waals surface area contributed by atoms with Crippen molar-refractivity contribution in [3.63, 3.8) is 0 Å². The number of nitrogens with two attached hydrogens (primary N) is 1. The molecule has 0 atom stereocenters. The zero-order valence-corrected chi connectivity index (χ0v) is 19.3. The number of pyridine rings is 2. The third kappa shape index (κ3) is 3.31. The number of nitrogens with one attached hydrogen (secondary N) is 1. The first-order valence-electron chi connectivity index (χ1n) is 11.6. The highest BCUT2D eigenvalue weighted by atomic mass is 16.3. The van der Waals surface area contributed by atoms with Crippen molar-refractivity contribution in [2.24, 2.45) is 5.73 Å². The molecule has 7 nitrogen and oxygen atoms in total. The van der Waals surface area contributed by atoms with Crippen LogP contribution in [0.1, 0.15) is 73.8 Å². The fraction of sp³-hybridized carbons (Fsp3) is 0.480. The summed E-state index contributed by atoms with van der Waals surface area (Å²) >= 11 is 0. The van der Waals surface area contributed by atoms with Gasteiger partial charge in [0.25, 0.3) is 0 Å². The molecule has 0 amide bonds. The number of aromatic nitrogens is 5. The van der Waals surface area contributed by atoms with Crippen LogP contribution in [0.15, 0.2) is 24.7 Å². The number of rotatable bonds is 4. The summed E-state index contributed by atoms with van der Waals surface area (Å²) in [6.45, 7) is 9.02. The Hall–Kier alpha value is -2.77. The molecule has 4 aromatic rings. The van der Waals surface area contributed by atoms with Gasteiger partial charge < -0.3 is 15.8 Å². The maximum Gasteiger partial charge on any atom is 0.158 e. The average Bonchev–Trinajstić information content (AvgIpc) is 3.40. The van der Waals surface area contributed by atoms with E-state index < -0.39 is 5.60 Å². The Morgan fingerprint density at radius 2 is 1.97 bits per heavy atom. The van der Waals surface area contributed by atoms with Crippen LogP contribution in [0.2, 0.25) is 0 Å². The molecule has 168 valence electrons. The molecule has 0 aliphatic heterocycles. The lowest BCUT2D eigenvalue weighted by Gasteiger charge is -2.34. The molecule has 0 aromatic carbocycles. The van der Waals surface area contributed by atoms with Crippen molar-refractivity contribution in [2.45, 2.75) is 70.8 Å². The summed E-state index contributed by atoms with van der Waals surface area (Å²) < 4.78 is 1.85. The molecule has 1 saturated carbocycles. The van der Waals surface area contributed by atoms with Crippen LogP contribution in [0.4, 0.5) is 0 Å². The number of aryl methyl sites for hydroxylation is 1. The van der Waals surface area contributed by atoms with E-state index in [9.17, 15) is 5.11 Å². The lowest BCUT2D eigenvalue weighted by Crippen LogP contribution is -2.40. The van der Waals surface area contributed by atoms with Gasteiger partial charge in [-0.2, -0.15) is 5.10 Å². The van der Waals surface area contributed by atoms with Gasteiger partial charge in [-0.1, -0.05) is 13.8 Å². The van der Waals surface area contributed by atoms with Crippen molar-refractivity contribution in [2.75, 3.05) is 6.54 Å². The number of nitrogens with zero attached hydrogens (tertiary/aromatic N) is 4. The summed E-state index contributed by atoms with van der Waals surface area (Å²) in [6.07, 6.45) is 6.98. The van der Waals surface area contributed by atoms with Gasteiger partial charge in [-0.15, -0.1) is 0 Å². The minimum absolute atomic E-state index is 0.307. The molecule has 4 aromatic heterocycles. The van der Waals surface area contributed by atoms with E-state index in [1.807, 2.05) is 4.52 Å². The van der Waals surface area contributed by atoms with Gasteiger partial charge in [-0.25, -0.2) is 9.50 Å². The van der Waals surface area contributed by atoms with Crippen LogP contribution in [-0.2, 0) is 0 Å². The minimum Gasteiger partial charge on any atom is -0.389 e. The topological polar surface area (TPSA) is 105 Å². The fourth-order valence-corrected chi connectivity index (χ4v) is 5.21. The van der Waals surface area contributed by atoms with Crippen molar-refractivity contribution in [3.8, 4) is 11.3 Å². The van der Waals surface area contributed by atoms with Crippen LogP contribution in [0.25, 0.3) is 27.9 Å². The maximum absolute atomic E-state index is 10.5. The summed E-state index contributed by atoms with van der Waals surface area (Å²) in [7, 11) is 0. The van der Waals surface area contributed by atoms with Crippen LogP contribution >= 0.6 is 0 Å². The first kappa shape index (κ1) is 21.1. The third-order valence-corrected chi connectivity index (χ3v) is 7.39. The van der Waals surface area contributed by atoms with Crippen LogP contribution in [0.3, 0.4) is 0 Å². The number of hydrogen-bond acceptors (Lipinski definition) is 5. The van der Waals surface area contributed by atoms with E-state index in [2.05, 4.69) is 61.1 Å². The molecule has 7 heteroatoms. The number of aromatic amines is 1. The standard InChI is InChI=1S/C25H32N6O/c1-14(2)21-22(18-11-31-24(27-13-28-31)16(4)15(18)3)30-20-6-5-19(29-23(20)21)17-7-9-25(32,12-26)10-8-17/h5-6,11,13-14,17,30,32H,7-10,12,26H2,1-4H3. The SMILES string of the molecule is Cc1c(-c2[nH]c3ccc(C4CCC(O)(CN)CC4)nc3c2C(C)C)cn2ncnc2c1C. The smallest absolute Gasteiger partial charge is 0.158 e. The van der Waals surface area contributed by atoms with Crippen LogP contribution in [0, 0.1) is 13.8 Å². The van der Waals surface area contributed by atoms with Crippen molar-refractivity contribution < 1.29 is 5.11 Å². The molecular formula is C25H32N6O. The number of aliphatic hydroxyl groups is 1. The number of hydrogen-bond donors (Lipinski definition) is 3. The summed E-state index contributed by atoms with van der Waals surface area (Å²) in [6, 6.07) is 4.30. The predicted octanol–water partition coefficient (Wildman–Crippen LogP) is 4.36. The zero-order valence-electron chi connectivity index (χ0n) is 19.3. The van der Waals surface area contributed by atoms with Crippen LogP contribution < -0.4 is 5.73 Å². The highest BCUT2D eigenvalue weighted by molar-refractivity contribution is 5.89. The van der Waals surface area contributed by atoms with Crippen molar-refractivity contribution >= 4 is 16.7 Å². The second-order valence-corrected chi connectivity index (χ2v) is 9.72. The van der Waals surface area contributed by atoms with Crippen LogP contribution in [0.5, 0.6) is 0 Å². The summed E-state index contributed by atoms with van der Waals surface area (Å²) in [5, 5.41) is 14.9. The Balaban J connectivity index is 1.62. The van der Waals surface area contributed by atoms with E-state index in [1.54, 1.807) is 6.33 Å². The van der Waals surface area contributed by atoms with E-state index >= 15 is 0 Å². The molecule has 0 spiro atoms. The lowest BCUT2D eigenvalue weighted by molar-refractivity contribution is 0.00736. The van der Waals surface area contributed by atoms with Gasteiger partial charge in [0, 0.05) is 35.5 Å². The first-order valence-corrected chi connectivity index (χ1v) is 11.6. The van der Waals surface area contributed by atoms with E-state index in [-0.39, 0.29) is 0 Å². The quantitative estimate of drug-likeness (QED) is 0.444. The molecular weight excluding hydrogens is 400 g/mol. The molecule has 1 aliphatic rings. The molecule has 4 N–H and O–H groups in total. The Labute approximate surface area is 188 Å². The van der Waals surface area contributed by atoms with Gasteiger partial charge in [0.1, 0.15) is 6.33 Å². The largest absolute Gasteiger partial charge is 0.389 e. The number of H-pyrrole nitrogens is 1. The Kier molecular flexibility index (Phi) is 5.06. The molecule has 4 heterocycles. The van der Waals surface area contributed by atoms with Gasteiger partial charge in [0.2, 0.25) is 0 Å². The Bertz CT molecular complexity index is 1290. The number of fused-ring (bicyclic) bond motifs is 2. The van der Waals surface area contributed by atoms with Gasteiger partial charge in [-0.3, -0.25) is 4.98 Å². The van der Waals surface area contributed by atoms with Gasteiger partial charge in [0.15, 0.2) is 5.65 Å². The molecule has 0 saturated heterocycles. The van der Waals surface area contributed by atoms with Crippen LogP contribution in [-0.4, -0.2) is 41.8 Å². The Morgan fingerprint density at radius 1 is 1.22 bits per heavy atom. The van der Waals surface area contributed by atoms with Gasteiger partial charge in [-0.05, 0) is 68.7 Å². The van der Waals surface area contributed by atoms with Crippen molar-refractivity contribution in [1.29, 1.82) is 0 Å². The normalized spacial score (nSPS) is 21.8. The molecule has 0 radical (unpaired) electrons. The summed E-state index contributed by atoms with van der Waals surface area (Å²) in [5.74, 6) is 0.668. The molecule has 1 aliphatic carbocycles. The van der Waals surface area contributed by atoms with Crippen molar-refractivity contribution in [3.05, 3.63) is 47.0 Å². The Morgan fingerprint density at radius 3 is 2.66 bits per heavy atom. The molecule has 0 unspecified atom stereocenters. The third-order valence-electron chi connectivity index (χ3n) is 7.39. The van der Waals surface area contributed by atoms with E-state index in [0.717, 1.165) is 64.9 Å². The van der Waals surface area contributed by atoms with E-state index in [0.29, 0.717) is 18.4 Å². The minimum atomic E-state index is -0.708. The lowest BCUT2D eigenvalue weighted by atomic mass is 9.77. The summed E-state index contributed by atoms with van der Waals surface area (Å²) in [5.41, 5.74) is 15.0. The molecule has 0 bridgehead atoms. The van der Waals surface area contributed by atoms with Gasteiger partial charge >= 0.3 is 0 Å². The zero-order chi connectivity index (χ0) is 22.6. The maximum atomic E-state index is 10.5. The summed E-state index contributed by atoms with van der Waals surface area (Å²) in [4.78, 5) is 13.2. The molecule has 5 rings (SSSR count). The second-order valence-electron chi connectivity index (χ2n) is 9.72. The second kappa shape index (κ2) is 7.67. The van der Waals surface area contributed by atoms with Gasteiger partial charge in [0.05, 0.1) is 22.3 Å². The predicted molar refractivity (Wildman–Crippen MR) is 127 cm³/mol. The first-order chi connectivity index (χ1) is 15.3. The fourth-order valence-electron chi connectivity index (χ4n) is 5.21. The molecule has 32 heavy (non-hydrogen) atoms. The van der Waals surface area contributed by atoms with Crippen molar-refractivity contribution in [1.82, 2.24) is 24.6 Å². The average molecular weight is 433 g/mol. The van der Waals surface area contributed by atoms with E-state index in [1.165, 1.54) is 11.1 Å². The van der Waals surface area contributed by atoms with E-state index in [4.69, 9.17) is 10.7 Å². The monoisotopic (exact) mass is 432 g/mol.